The molecule has 0 bridgehead atoms. The molecular formula is C21H31NO. The maximum absolute atomic E-state index is 6.08. The molecule has 2 heteroatoms. The molecule has 1 aliphatic rings. The van der Waals surface area contributed by atoms with Gasteiger partial charge >= 0.3 is 0 Å². The second kappa shape index (κ2) is 5.66. The van der Waals surface area contributed by atoms with Gasteiger partial charge in [0.25, 0.3) is 0 Å². The highest BCUT2D eigenvalue weighted by Gasteiger charge is 2.31. The summed E-state index contributed by atoms with van der Waals surface area (Å²) in [4.78, 5) is 0. The number of hydrogen-bond donors (Lipinski definition) is 1. The molecule has 1 aromatic carbocycles. The van der Waals surface area contributed by atoms with Gasteiger partial charge < -0.3 is 9.73 Å². The molecule has 23 heavy (non-hydrogen) atoms. The van der Waals surface area contributed by atoms with E-state index in [1.54, 1.807) is 0 Å². The van der Waals surface area contributed by atoms with Crippen LogP contribution in [0.1, 0.15) is 65.7 Å². The molecule has 1 fully saturated rings. The lowest BCUT2D eigenvalue weighted by Crippen LogP contribution is -2.50. The first-order chi connectivity index (χ1) is 10.6. The Hall–Kier alpha value is -1.28. The van der Waals surface area contributed by atoms with Crippen LogP contribution in [0.15, 0.2) is 28.7 Å². The van der Waals surface area contributed by atoms with Gasteiger partial charge in [-0.15, -0.1) is 0 Å². The van der Waals surface area contributed by atoms with Gasteiger partial charge in [-0.25, -0.2) is 0 Å². The largest absolute Gasteiger partial charge is 0.461 e. The molecule has 0 saturated heterocycles. The Morgan fingerprint density at radius 3 is 2.35 bits per heavy atom. The van der Waals surface area contributed by atoms with E-state index in [1.807, 2.05) is 0 Å². The fraction of sp³-hybridized carbons (Fsp3) is 0.619. The van der Waals surface area contributed by atoms with Crippen molar-refractivity contribution in [2.24, 2.45) is 5.92 Å². The van der Waals surface area contributed by atoms with Gasteiger partial charge in [-0.2, -0.15) is 0 Å². The molecule has 1 aliphatic carbocycles. The molecule has 1 heterocycles. The van der Waals surface area contributed by atoms with E-state index in [2.05, 4.69) is 71.1 Å². The Labute approximate surface area is 140 Å². The van der Waals surface area contributed by atoms with E-state index < -0.39 is 0 Å². The minimum Gasteiger partial charge on any atom is -0.461 e. The monoisotopic (exact) mass is 313 g/mol. The van der Waals surface area contributed by atoms with Crippen LogP contribution >= 0.6 is 0 Å². The smallest absolute Gasteiger partial charge is 0.134 e. The van der Waals surface area contributed by atoms with E-state index in [0.717, 1.165) is 17.3 Å². The van der Waals surface area contributed by atoms with Crippen LogP contribution in [0, 0.1) is 5.92 Å². The van der Waals surface area contributed by atoms with Crippen LogP contribution < -0.4 is 5.32 Å². The van der Waals surface area contributed by atoms with Crippen LogP contribution in [-0.4, -0.2) is 11.6 Å². The molecule has 0 unspecified atom stereocenters. The van der Waals surface area contributed by atoms with Crippen molar-refractivity contribution in [2.75, 3.05) is 0 Å². The lowest BCUT2D eigenvalue weighted by molar-refractivity contribution is 0.185. The first-order valence-electron chi connectivity index (χ1n) is 8.91. The van der Waals surface area contributed by atoms with Crippen LogP contribution in [0.3, 0.4) is 0 Å². The van der Waals surface area contributed by atoms with E-state index in [0.29, 0.717) is 6.04 Å². The quantitative estimate of drug-likeness (QED) is 0.816. The van der Waals surface area contributed by atoms with Gasteiger partial charge in [0, 0.05) is 22.4 Å². The molecule has 0 amide bonds. The zero-order valence-electron chi connectivity index (χ0n) is 15.5. The van der Waals surface area contributed by atoms with Crippen LogP contribution in [0.25, 0.3) is 11.0 Å². The van der Waals surface area contributed by atoms with Gasteiger partial charge in [0.15, 0.2) is 0 Å². The summed E-state index contributed by atoms with van der Waals surface area (Å²) in [6.45, 7) is 13.3. The van der Waals surface area contributed by atoms with Crippen LogP contribution in [0.5, 0.6) is 0 Å². The van der Waals surface area contributed by atoms with Crippen molar-refractivity contribution in [3.63, 3.8) is 0 Å². The number of hydrogen-bond acceptors (Lipinski definition) is 2. The summed E-state index contributed by atoms with van der Waals surface area (Å²) < 4.78 is 6.08. The number of rotatable bonds is 3. The van der Waals surface area contributed by atoms with Gasteiger partial charge in [-0.3, -0.25) is 0 Å². The molecule has 1 saturated carbocycles. The molecule has 1 aromatic heterocycles. The molecule has 2 aromatic rings. The van der Waals surface area contributed by atoms with Crippen molar-refractivity contribution < 1.29 is 4.42 Å². The third-order valence-corrected chi connectivity index (χ3v) is 4.72. The van der Waals surface area contributed by atoms with Gasteiger partial charge in [0.1, 0.15) is 11.3 Å². The summed E-state index contributed by atoms with van der Waals surface area (Å²) in [6.07, 6.45) is 3.76. The van der Waals surface area contributed by atoms with Crippen molar-refractivity contribution in [1.29, 1.82) is 0 Å². The predicted molar refractivity (Wildman–Crippen MR) is 98.0 cm³/mol. The number of furan rings is 1. The van der Waals surface area contributed by atoms with Crippen LogP contribution in [-0.2, 0) is 11.8 Å². The third kappa shape index (κ3) is 3.98. The number of fused-ring (bicyclic) bond motifs is 1. The fourth-order valence-corrected chi connectivity index (χ4v) is 3.54. The zero-order chi connectivity index (χ0) is 16.8. The van der Waals surface area contributed by atoms with Gasteiger partial charge in [-0.1, -0.05) is 32.9 Å². The molecule has 0 aliphatic heterocycles. The maximum atomic E-state index is 6.08. The van der Waals surface area contributed by atoms with E-state index in [1.165, 1.54) is 30.2 Å². The normalized spacial score (nSPS) is 22.3. The average Bonchev–Trinajstić information content (AvgIpc) is 2.77. The Morgan fingerprint density at radius 1 is 1.04 bits per heavy atom. The van der Waals surface area contributed by atoms with E-state index in [-0.39, 0.29) is 11.0 Å². The molecular weight excluding hydrogens is 282 g/mol. The van der Waals surface area contributed by atoms with E-state index in [4.69, 9.17) is 4.42 Å². The van der Waals surface area contributed by atoms with Gasteiger partial charge in [0.05, 0.1) is 0 Å². The minimum atomic E-state index is 0.0685. The Balaban J connectivity index is 1.64. The standard InChI is InChI=1S/C21H31NO/c1-20(2,3)19-13-16-8-7-14(12-18(16)23-19)9-15-10-17(11-15)22-21(4,5)6/h7-8,12-13,15,17,22H,9-11H2,1-6H3. The number of nitrogens with one attached hydrogen (secondary N) is 1. The van der Waals surface area contributed by atoms with Gasteiger partial charge in [-0.05, 0) is 63.6 Å². The molecule has 0 atom stereocenters. The van der Waals surface area contributed by atoms with Crippen LogP contribution in [0.4, 0.5) is 0 Å². The molecule has 126 valence electrons. The summed E-state index contributed by atoms with van der Waals surface area (Å²) in [5.74, 6) is 1.88. The highest BCUT2D eigenvalue weighted by Crippen LogP contribution is 2.34. The topological polar surface area (TPSA) is 25.2 Å². The summed E-state index contributed by atoms with van der Waals surface area (Å²) in [5.41, 5.74) is 2.74. The molecule has 1 N–H and O–H groups in total. The van der Waals surface area contributed by atoms with Gasteiger partial charge in [0.2, 0.25) is 0 Å². The lowest BCUT2D eigenvalue weighted by Gasteiger charge is -2.40. The second-order valence-electron chi connectivity index (χ2n) is 9.37. The molecule has 2 nitrogen and oxygen atoms in total. The summed E-state index contributed by atoms with van der Waals surface area (Å²) in [7, 11) is 0. The first kappa shape index (κ1) is 16.6. The van der Waals surface area contributed by atoms with E-state index >= 15 is 0 Å². The highest BCUT2D eigenvalue weighted by molar-refractivity contribution is 5.79. The minimum absolute atomic E-state index is 0.0685. The van der Waals surface area contributed by atoms with Crippen molar-refractivity contribution in [3.8, 4) is 0 Å². The van der Waals surface area contributed by atoms with Crippen molar-refractivity contribution in [1.82, 2.24) is 5.32 Å². The summed E-state index contributed by atoms with van der Waals surface area (Å²) >= 11 is 0. The SMILES string of the molecule is CC(C)(C)NC1CC(Cc2ccc3cc(C(C)(C)C)oc3c2)C1. The second-order valence-corrected chi connectivity index (χ2v) is 9.37. The third-order valence-electron chi connectivity index (χ3n) is 4.72. The zero-order valence-corrected chi connectivity index (χ0v) is 15.5. The predicted octanol–water partition coefficient (Wildman–Crippen LogP) is 5.44. The van der Waals surface area contributed by atoms with Crippen molar-refractivity contribution in [3.05, 3.63) is 35.6 Å². The summed E-state index contributed by atoms with van der Waals surface area (Å²) in [5, 5.41) is 4.92. The fourth-order valence-electron chi connectivity index (χ4n) is 3.54. The van der Waals surface area contributed by atoms with Crippen molar-refractivity contribution >= 4 is 11.0 Å². The van der Waals surface area contributed by atoms with E-state index in [9.17, 15) is 0 Å². The lowest BCUT2D eigenvalue weighted by atomic mass is 9.76. The van der Waals surface area contributed by atoms with Crippen LogP contribution in [0.2, 0.25) is 0 Å². The molecule has 0 spiro atoms. The van der Waals surface area contributed by atoms with Crippen molar-refractivity contribution in [2.45, 2.75) is 77.8 Å². The number of benzene rings is 1. The average molecular weight is 313 g/mol. The molecule has 3 rings (SSSR count). The first-order valence-corrected chi connectivity index (χ1v) is 8.91. The Morgan fingerprint density at radius 2 is 1.74 bits per heavy atom. The molecule has 0 radical (unpaired) electrons. The Kier molecular flexibility index (Phi) is 4.08. The maximum Gasteiger partial charge on any atom is 0.134 e. The highest BCUT2D eigenvalue weighted by atomic mass is 16.3. The Bertz CT molecular complexity index is 678. The summed E-state index contributed by atoms with van der Waals surface area (Å²) in [6, 6.07) is 9.61.